The Morgan fingerprint density at radius 1 is 0.964 bits per heavy atom. The largest absolute Gasteiger partial charge is 0.507 e. The average Bonchev–Trinajstić information content (AvgIpc) is 2.65. The second-order valence-corrected chi connectivity index (χ2v) is 7.21. The first kappa shape index (κ1) is 18.4. The number of rotatable bonds is 1. The highest BCUT2D eigenvalue weighted by Crippen LogP contribution is 2.54. The molecule has 0 saturated carbocycles. The number of aliphatic hydroxyl groups is 3. The van der Waals surface area contributed by atoms with Crippen molar-refractivity contribution in [3.63, 3.8) is 0 Å². The molecule has 0 fully saturated rings. The van der Waals surface area contributed by atoms with Crippen molar-refractivity contribution in [2.45, 2.75) is 37.6 Å². The Kier molecular flexibility index (Phi) is 3.80. The third kappa shape index (κ3) is 2.10. The zero-order valence-electron chi connectivity index (χ0n) is 14.8. The van der Waals surface area contributed by atoms with Gasteiger partial charge in [0.05, 0.1) is 28.4 Å². The van der Waals surface area contributed by atoms with E-state index in [9.17, 15) is 40.2 Å². The van der Waals surface area contributed by atoms with E-state index in [-0.39, 0.29) is 35.1 Å². The van der Waals surface area contributed by atoms with E-state index in [2.05, 4.69) is 0 Å². The Labute approximate surface area is 158 Å². The summed E-state index contributed by atoms with van der Waals surface area (Å²) in [5.74, 6) is -3.73. The molecule has 8 heteroatoms. The van der Waals surface area contributed by atoms with Crippen molar-refractivity contribution in [1.82, 2.24) is 0 Å². The number of hydrogen-bond acceptors (Lipinski definition) is 8. The van der Waals surface area contributed by atoms with Crippen LogP contribution in [0.1, 0.15) is 74.9 Å². The molecule has 0 saturated heterocycles. The van der Waals surface area contributed by atoms with E-state index >= 15 is 0 Å². The average molecular weight is 386 g/mol. The van der Waals surface area contributed by atoms with Crippen LogP contribution in [0.3, 0.4) is 0 Å². The number of phenols is 3. The van der Waals surface area contributed by atoms with E-state index in [1.165, 1.54) is 18.2 Å². The predicted octanol–water partition coefficient (Wildman–Crippen LogP) is 1.19. The number of aromatic hydroxyl groups is 3. The van der Waals surface area contributed by atoms with Gasteiger partial charge in [0.1, 0.15) is 23.4 Å². The molecule has 2 aromatic rings. The smallest absolute Gasteiger partial charge is 0.202 e. The van der Waals surface area contributed by atoms with Crippen molar-refractivity contribution >= 4 is 11.6 Å². The Balaban J connectivity index is 2.09. The lowest BCUT2D eigenvalue weighted by atomic mass is 9.71. The van der Waals surface area contributed by atoms with Crippen molar-refractivity contribution in [3.05, 3.63) is 51.6 Å². The number of phenolic OH excluding ortho intramolecular Hbond substituents is 3. The van der Waals surface area contributed by atoms with Crippen LogP contribution in [0.5, 0.6) is 17.2 Å². The van der Waals surface area contributed by atoms with E-state index in [0.29, 0.717) is 0 Å². The van der Waals surface area contributed by atoms with E-state index in [1.54, 1.807) is 6.92 Å². The van der Waals surface area contributed by atoms with Gasteiger partial charge in [0.2, 0.25) is 5.78 Å². The van der Waals surface area contributed by atoms with Gasteiger partial charge in [0.15, 0.2) is 5.78 Å². The maximum atomic E-state index is 12.9. The van der Waals surface area contributed by atoms with Gasteiger partial charge in [-0.3, -0.25) is 9.59 Å². The minimum absolute atomic E-state index is 0.0333. The zero-order valence-corrected chi connectivity index (χ0v) is 14.8. The minimum Gasteiger partial charge on any atom is -0.507 e. The summed E-state index contributed by atoms with van der Waals surface area (Å²) in [6.07, 6.45) is -3.49. The third-order valence-electron chi connectivity index (χ3n) is 5.77. The summed E-state index contributed by atoms with van der Waals surface area (Å²) in [6.45, 7) is 1.57. The van der Waals surface area contributed by atoms with Gasteiger partial charge in [-0.1, -0.05) is 19.1 Å². The van der Waals surface area contributed by atoms with E-state index in [0.717, 1.165) is 0 Å². The number of benzene rings is 2. The van der Waals surface area contributed by atoms with Crippen molar-refractivity contribution in [2.75, 3.05) is 0 Å². The monoisotopic (exact) mass is 386 g/mol. The molecule has 2 aliphatic rings. The van der Waals surface area contributed by atoms with Crippen LogP contribution in [-0.4, -0.2) is 47.8 Å². The van der Waals surface area contributed by atoms with Crippen LogP contribution in [0, 0.1) is 0 Å². The highest BCUT2D eigenvalue weighted by atomic mass is 16.3. The van der Waals surface area contributed by atoms with Gasteiger partial charge in [0, 0.05) is 23.1 Å². The molecular weight excluding hydrogens is 368 g/mol. The van der Waals surface area contributed by atoms with Gasteiger partial charge in [-0.05, 0) is 12.5 Å². The molecule has 146 valence electrons. The Morgan fingerprint density at radius 2 is 1.57 bits per heavy atom. The van der Waals surface area contributed by atoms with Gasteiger partial charge < -0.3 is 30.6 Å². The number of fused-ring (bicyclic) bond motifs is 3. The molecule has 0 radical (unpaired) electrons. The van der Waals surface area contributed by atoms with Crippen LogP contribution in [-0.2, 0) is 0 Å². The SMILES string of the molecule is CC[C@]1(O)C[C@@H](O)c2c(O)c3c(c(O)c2[C@@H]1O)C(=O)c1cccc(O)c1C3=O. The first-order valence-corrected chi connectivity index (χ1v) is 8.75. The van der Waals surface area contributed by atoms with Crippen LogP contribution in [0.4, 0.5) is 0 Å². The number of carbonyl (C=O) groups excluding carboxylic acids is 2. The molecule has 0 bridgehead atoms. The van der Waals surface area contributed by atoms with E-state index in [4.69, 9.17) is 0 Å². The quantitative estimate of drug-likeness (QED) is 0.341. The topological polar surface area (TPSA) is 156 Å². The molecule has 3 atom stereocenters. The van der Waals surface area contributed by atoms with E-state index < -0.39 is 57.8 Å². The van der Waals surface area contributed by atoms with Crippen LogP contribution in [0.15, 0.2) is 18.2 Å². The van der Waals surface area contributed by atoms with Crippen molar-refractivity contribution in [1.29, 1.82) is 0 Å². The number of aliphatic hydroxyl groups excluding tert-OH is 2. The zero-order chi connectivity index (χ0) is 20.5. The van der Waals surface area contributed by atoms with E-state index in [1.807, 2.05) is 0 Å². The first-order chi connectivity index (χ1) is 13.1. The lowest BCUT2D eigenvalue weighted by Crippen LogP contribution is -2.42. The molecule has 0 heterocycles. The minimum atomic E-state index is -1.79. The lowest BCUT2D eigenvalue weighted by molar-refractivity contribution is -0.117. The van der Waals surface area contributed by atoms with Crippen LogP contribution < -0.4 is 0 Å². The predicted molar refractivity (Wildman–Crippen MR) is 94.5 cm³/mol. The third-order valence-corrected chi connectivity index (χ3v) is 5.77. The second-order valence-electron chi connectivity index (χ2n) is 7.21. The molecule has 0 unspecified atom stereocenters. The maximum Gasteiger partial charge on any atom is 0.202 e. The normalized spacial score (nSPS) is 25.9. The molecule has 6 N–H and O–H groups in total. The molecule has 0 spiro atoms. The molecule has 4 rings (SSSR count). The maximum absolute atomic E-state index is 12.9. The van der Waals surface area contributed by atoms with Crippen molar-refractivity contribution < 1.29 is 40.2 Å². The van der Waals surface area contributed by atoms with Gasteiger partial charge in [-0.15, -0.1) is 0 Å². The molecular formula is C20H18O8. The summed E-state index contributed by atoms with van der Waals surface area (Å²) >= 11 is 0. The summed E-state index contributed by atoms with van der Waals surface area (Å²) in [6, 6.07) is 3.86. The Bertz CT molecular complexity index is 1060. The van der Waals surface area contributed by atoms with Gasteiger partial charge in [-0.25, -0.2) is 0 Å². The van der Waals surface area contributed by atoms with Crippen molar-refractivity contribution in [2.24, 2.45) is 0 Å². The standard InChI is InChI=1S/C20H18O8/c1-2-20(28)6-9(22)11-14(19(20)27)18(26)12-13(17(11)25)16(24)10-7(15(12)23)4-3-5-8(10)21/h3-5,9,19,21-22,25-28H,2,6H2,1H3/t9-,19+,20+/m1/s1. The van der Waals surface area contributed by atoms with Gasteiger partial charge in [0.25, 0.3) is 0 Å². The molecule has 0 aliphatic heterocycles. The Morgan fingerprint density at radius 3 is 2.21 bits per heavy atom. The molecule has 2 aliphatic carbocycles. The summed E-state index contributed by atoms with van der Waals surface area (Å²) < 4.78 is 0. The fraction of sp³-hybridized carbons (Fsp3) is 0.300. The number of carbonyl (C=O) groups is 2. The van der Waals surface area contributed by atoms with Crippen LogP contribution in [0.25, 0.3) is 0 Å². The number of hydrogen-bond donors (Lipinski definition) is 6. The van der Waals surface area contributed by atoms with Crippen LogP contribution >= 0.6 is 0 Å². The highest BCUT2D eigenvalue weighted by Gasteiger charge is 2.49. The fourth-order valence-electron chi connectivity index (χ4n) is 4.20. The Hall–Kier alpha value is -2.94. The molecule has 28 heavy (non-hydrogen) atoms. The number of ketones is 2. The molecule has 0 amide bonds. The second kappa shape index (κ2) is 5.78. The van der Waals surface area contributed by atoms with Crippen LogP contribution in [0.2, 0.25) is 0 Å². The molecule has 0 aromatic heterocycles. The van der Waals surface area contributed by atoms with Gasteiger partial charge >= 0.3 is 0 Å². The van der Waals surface area contributed by atoms with Gasteiger partial charge in [-0.2, -0.15) is 0 Å². The molecule has 8 nitrogen and oxygen atoms in total. The first-order valence-electron chi connectivity index (χ1n) is 8.75. The van der Waals surface area contributed by atoms with Crippen molar-refractivity contribution in [3.8, 4) is 17.2 Å². The summed E-state index contributed by atoms with van der Waals surface area (Å²) in [7, 11) is 0. The lowest BCUT2D eigenvalue weighted by Gasteiger charge is -2.41. The summed E-state index contributed by atoms with van der Waals surface area (Å²) in [5, 5.41) is 63.2. The molecule has 2 aromatic carbocycles. The summed E-state index contributed by atoms with van der Waals surface area (Å²) in [5.41, 5.74) is -4.06. The highest BCUT2D eigenvalue weighted by molar-refractivity contribution is 6.31. The summed E-state index contributed by atoms with van der Waals surface area (Å²) in [4.78, 5) is 25.9. The fourth-order valence-corrected chi connectivity index (χ4v) is 4.20.